The Labute approximate surface area is 166 Å². The number of benzene rings is 2. The molecule has 3 aromatic rings. The number of quaternary nitrogens is 1. The average Bonchev–Trinajstić information content (AvgIpc) is 3.18. The Morgan fingerprint density at radius 1 is 1.10 bits per heavy atom. The van der Waals surface area contributed by atoms with Crippen LogP contribution in [0.3, 0.4) is 0 Å². The fraction of sp³-hybridized carbons (Fsp3) is 0.238. The van der Waals surface area contributed by atoms with Gasteiger partial charge in [0.2, 0.25) is 0 Å². The van der Waals surface area contributed by atoms with Crippen molar-refractivity contribution in [3.05, 3.63) is 75.0 Å². The van der Waals surface area contributed by atoms with Crippen molar-refractivity contribution in [2.45, 2.75) is 19.9 Å². The minimum Gasteiger partial charge on any atom is -0.461 e. The summed E-state index contributed by atoms with van der Waals surface area (Å²) < 4.78 is 5.92. The zero-order valence-electron chi connectivity index (χ0n) is 16.1. The van der Waals surface area contributed by atoms with Gasteiger partial charge in [0, 0.05) is 17.9 Å². The van der Waals surface area contributed by atoms with Crippen molar-refractivity contribution in [1.82, 2.24) is 4.90 Å². The lowest BCUT2D eigenvalue weighted by Crippen LogP contribution is -3.09. The molecule has 0 fully saturated rings. The third kappa shape index (κ3) is 3.07. The van der Waals surface area contributed by atoms with E-state index in [0.717, 1.165) is 38.5 Å². The molecule has 1 atom stereocenters. The van der Waals surface area contributed by atoms with E-state index in [-0.39, 0.29) is 23.5 Å². The van der Waals surface area contributed by atoms with Crippen molar-refractivity contribution < 1.29 is 23.8 Å². The van der Waals surface area contributed by atoms with Gasteiger partial charge in [-0.25, -0.2) is 4.90 Å². The Morgan fingerprint density at radius 3 is 2.59 bits per heavy atom. The highest BCUT2D eigenvalue weighted by Crippen LogP contribution is 2.30. The summed E-state index contributed by atoms with van der Waals surface area (Å²) in [6, 6.07) is 11.9. The van der Waals surface area contributed by atoms with E-state index in [1.807, 2.05) is 38.2 Å². The molecule has 1 aliphatic heterocycles. The maximum Gasteiger partial charge on any atom is 0.282 e. The third-order valence-electron chi connectivity index (χ3n) is 5.18. The molecule has 0 bridgehead atoms. The quantitative estimate of drug-likeness (QED) is 0.393. The van der Waals surface area contributed by atoms with Crippen LogP contribution in [0.15, 0.2) is 46.9 Å². The first-order valence-corrected chi connectivity index (χ1v) is 9.36. The molecule has 8 nitrogen and oxygen atoms in total. The van der Waals surface area contributed by atoms with Crippen LogP contribution in [0.1, 0.15) is 39.0 Å². The summed E-state index contributed by atoms with van der Waals surface area (Å²) in [5.74, 6) is -0.242. The van der Waals surface area contributed by atoms with Gasteiger partial charge in [-0.15, -0.1) is 0 Å². The molecule has 8 heteroatoms. The molecule has 1 aliphatic rings. The van der Waals surface area contributed by atoms with Crippen LogP contribution in [0.4, 0.5) is 5.69 Å². The Morgan fingerprint density at radius 2 is 1.86 bits per heavy atom. The number of nitro benzene ring substituents is 1. The Kier molecular flexibility index (Phi) is 4.63. The predicted molar refractivity (Wildman–Crippen MR) is 105 cm³/mol. The van der Waals surface area contributed by atoms with E-state index in [0.29, 0.717) is 6.54 Å². The van der Waals surface area contributed by atoms with Gasteiger partial charge < -0.3 is 9.32 Å². The standard InChI is InChI=1S/C21H19N3O5/c1-3-17-15(13-7-4-5-10-18(13)29-17)11-22(2)12-23-20(25)14-8-6-9-16(24(27)28)19(14)21(23)26/h4-10H,3,11-12H2,1-2H3/p+1. The number of para-hydroxylation sites is 1. The van der Waals surface area contributed by atoms with Gasteiger partial charge in [0.25, 0.3) is 17.5 Å². The predicted octanol–water partition coefficient (Wildman–Crippen LogP) is 2.17. The van der Waals surface area contributed by atoms with Crippen molar-refractivity contribution in [3.8, 4) is 0 Å². The van der Waals surface area contributed by atoms with Crippen LogP contribution < -0.4 is 4.90 Å². The molecule has 29 heavy (non-hydrogen) atoms. The summed E-state index contributed by atoms with van der Waals surface area (Å²) in [5, 5.41) is 12.3. The number of imide groups is 1. The van der Waals surface area contributed by atoms with Crippen LogP contribution in [0.5, 0.6) is 0 Å². The molecule has 0 saturated carbocycles. The van der Waals surface area contributed by atoms with Gasteiger partial charge in [-0.3, -0.25) is 19.7 Å². The normalized spacial score (nSPS) is 14.5. The number of nitro groups is 1. The fourth-order valence-corrected chi connectivity index (χ4v) is 3.87. The lowest BCUT2D eigenvalue weighted by atomic mass is 10.1. The van der Waals surface area contributed by atoms with E-state index in [9.17, 15) is 19.7 Å². The van der Waals surface area contributed by atoms with Crippen LogP contribution in [-0.2, 0) is 13.0 Å². The van der Waals surface area contributed by atoms with Crippen molar-refractivity contribution in [3.63, 3.8) is 0 Å². The number of carbonyl (C=O) groups is 2. The average molecular weight is 394 g/mol. The van der Waals surface area contributed by atoms with E-state index in [1.165, 1.54) is 18.2 Å². The highest BCUT2D eigenvalue weighted by atomic mass is 16.6. The number of carbonyl (C=O) groups excluding carboxylic acids is 2. The van der Waals surface area contributed by atoms with Crippen molar-refractivity contribution >= 4 is 28.5 Å². The third-order valence-corrected chi connectivity index (χ3v) is 5.18. The largest absolute Gasteiger partial charge is 0.461 e. The molecule has 2 heterocycles. The molecule has 0 saturated heterocycles. The van der Waals surface area contributed by atoms with Gasteiger partial charge in [-0.1, -0.05) is 31.2 Å². The molecule has 0 radical (unpaired) electrons. The number of nitrogens with one attached hydrogen (secondary N) is 1. The summed E-state index contributed by atoms with van der Waals surface area (Å²) >= 11 is 0. The van der Waals surface area contributed by atoms with Crippen molar-refractivity contribution in [2.75, 3.05) is 13.7 Å². The van der Waals surface area contributed by atoms with Crippen LogP contribution in [0.2, 0.25) is 0 Å². The molecule has 2 amide bonds. The summed E-state index contributed by atoms with van der Waals surface area (Å²) in [4.78, 5) is 38.1. The summed E-state index contributed by atoms with van der Waals surface area (Å²) in [6.07, 6.45) is 0.733. The first-order chi connectivity index (χ1) is 13.9. The van der Waals surface area contributed by atoms with Crippen LogP contribution >= 0.6 is 0 Å². The molecule has 0 spiro atoms. The molecule has 2 aromatic carbocycles. The van der Waals surface area contributed by atoms with E-state index in [1.54, 1.807) is 0 Å². The maximum absolute atomic E-state index is 12.8. The monoisotopic (exact) mass is 394 g/mol. The summed E-state index contributed by atoms with van der Waals surface area (Å²) in [6.45, 7) is 2.67. The van der Waals surface area contributed by atoms with E-state index < -0.39 is 16.7 Å². The number of hydrogen-bond donors (Lipinski definition) is 1. The molecule has 148 valence electrons. The number of fused-ring (bicyclic) bond motifs is 2. The number of furan rings is 1. The Bertz CT molecular complexity index is 1150. The fourth-order valence-electron chi connectivity index (χ4n) is 3.87. The second-order valence-corrected chi connectivity index (χ2v) is 7.14. The van der Waals surface area contributed by atoms with Crippen molar-refractivity contribution in [1.29, 1.82) is 0 Å². The van der Waals surface area contributed by atoms with Crippen molar-refractivity contribution in [2.24, 2.45) is 0 Å². The van der Waals surface area contributed by atoms with Gasteiger partial charge in [0.05, 0.1) is 23.1 Å². The summed E-state index contributed by atoms with van der Waals surface area (Å²) in [7, 11) is 1.87. The number of aryl methyl sites for hydroxylation is 1. The molecule has 1 N–H and O–H groups in total. The zero-order valence-corrected chi connectivity index (χ0v) is 16.1. The lowest BCUT2D eigenvalue weighted by Gasteiger charge is -2.20. The SMILES string of the molecule is CCc1oc2ccccc2c1C[NH+](C)CN1C(=O)c2cccc([N+](=O)[O-])c2C1=O. The Hall–Kier alpha value is -3.52. The highest BCUT2D eigenvalue weighted by Gasteiger charge is 2.42. The first-order valence-electron chi connectivity index (χ1n) is 9.36. The maximum atomic E-state index is 12.8. The minimum atomic E-state index is -0.630. The van der Waals surface area contributed by atoms with Crippen LogP contribution in [-0.4, -0.2) is 35.4 Å². The van der Waals surface area contributed by atoms with E-state index in [2.05, 4.69) is 0 Å². The van der Waals surface area contributed by atoms with Gasteiger partial charge in [0.1, 0.15) is 23.5 Å². The molecule has 0 aliphatic carbocycles. The second-order valence-electron chi connectivity index (χ2n) is 7.14. The molecular weight excluding hydrogens is 374 g/mol. The van der Waals surface area contributed by atoms with Gasteiger partial charge in [-0.05, 0) is 12.1 Å². The number of hydrogen-bond acceptors (Lipinski definition) is 5. The van der Waals surface area contributed by atoms with Crippen LogP contribution in [0.25, 0.3) is 11.0 Å². The van der Waals surface area contributed by atoms with Crippen LogP contribution in [0, 0.1) is 10.1 Å². The lowest BCUT2D eigenvalue weighted by molar-refractivity contribution is -0.901. The molecular formula is C21H20N3O5+. The van der Waals surface area contributed by atoms with E-state index >= 15 is 0 Å². The van der Waals surface area contributed by atoms with E-state index in [4.69, 9.17) is 4.42 Å². The Balaban J connectivity index is 1.59. The molecule has 4 rings (SSSR count). The second kappa shape index (κ2) is 7.14. The smallest absolute Gasteiger partial charge is 0.282 e. The van der Waals surface area contributed by atoms with Gasteiger partial charge in [0.15, 0.2) is 6.67 Å². The first kappa shape index (κ1) is 18.8. The number of rotatable bonds is 6. The minimum absolute atomic E-state index is 0.0833. The van der Waals surface area contributed by atoms with Gasteiger partial charge >= 0.3 is 0 Å². The highest BCUT2D eigenvalue weighted by molar-refractivity contribution is 6.23. The number of nitrogens with zero attached hydrogens (tertiary/aromatic N) is 2. The summed E-state index contributed by atoms with van der Waals surface area (Å²) in [5.41, 5.74) is 1.47. The topological polar surface area (TPSA) is 98.1 Å². The molecule has 1 aromatic heterocycles. The van der Waals surface area contributed by atoms with Gasteiger partial charge in [-0.2, -0.15) is 0 Å². The number of amides is 2. The molecule has 1 unspecified atom stereocenters. The zero-order chi connectivity index (χ0) is 20.7.